The lowest BCUT2D eigenvalue weighted by molar-refractivity contribution is -0.129. The average Bonchev–Trinajstić information content (AvgIpc) is 2.56. The molecule has 0 radical (unpaired) electrons. The molecular weight excluding hydrogens is 332 g/mol. The first-order valence-corrected chi connectivity index (χ1v) is 9.45. The number of aliphatic imine (C=N–C) groups is 1. The van der Waals surface area contributed by atoms with Gasteiger partial charge in [-0.05, 0) is 34.6 Å². The zero-order valence-corrected chi connectivity index (χ0v) is 17.2. The Labute approximate surface area is 157 Å². The Morgan fingerprint density at radius 1 is 1.12 bits per heavy atom. The van der Waals surface area contributed by atoms with Crippen molar-refractivity contribution < 1.29 is 9.59 Å². The van der Waals surface area contributed by atoms with Gasteiger partial charge in [0.2, 0.25) is 11.8 Å². The molecule has 3 N–H and O–H groups in total. The Morgan fingerprint density at radius 3 is 2.23 bits per heavy atom. The van der Waals surface area contributed by atoms with Crippen molar-refractivity contribution in [1.82, 2.24) is 25.8 Å². The normalized spacial score (nSPS) is 16.6. The van der Waals surface area contributed by atoms with Crippen molar-refractivity contribution in [1.29, 1.82) is 0 Å². The van der Waals surface area contributed by atoms with Crippen LogP contribution in [0.1, 0.15) is 34.6 Å². The SMILES string of the molecule is CCNC(=O)C(C)(C)CNC(=NC)N1CCN(CC(=O)NC(C)C)CC1. The predicted octanol–water partition coefficient (Wildman–Crippen LogP) is -0.134. The molecule has 0 saturated carbocycles. The van der Waals surface area contributed by atoms with Crippen LogP contribution in [-0.4, -0.2) is 86.5 Å². The number of carbonyl (C=O) groups excluding carboxylic acids is 2. The summed E-state index contributed by atoms with van der Waals surface area (Å²) >= 11 is 0. The average molecular weight is 369 g/mol. The van der Waals surface area contributed by atoms with Gasteiger partial charge in [0.15, 0.2) is 5.96 Å². The van der Waals surface area contributed by atoms with Gasteiger partial charge in [-0.2, -0.15) is 0 Å². The summed E-state index contributed by atoms with van der Waals surface area (Å²) in [5.74, 6) is 0.900. The van der Waals surface area contributed by atoms with E-state index in [2.05, 4.69) is 30.7 Å². The maximum absolute atomic E-state index is 12.1. The highest BCUT2D eigenvalue weighted by Crippen LogP contribution is 2.14. The van der Waals surface area contributed by atoms with Crippen LogP contribution in [0.2, 0.25) is 0 Å². The molecule has 0 atom stereocenters. The molecule has 0 spiro atoms. The third-order valence-electron chi connectivity index (χ3n) is 4.34. The zero-order valence-electron chi connectivity index (χ0n) is 17.2. The van der Waals surface area contributed by atoms with Crippen molar-refractivity contribution in [2.75, 3.05) is 52.9 Å². The Bertz CT molecular complexity index is 496. The summed E-state index contributed by atoms with van der Waals surface area (Å²) in [6.07, 6.45) is 0. The van der Waals surface area contributed by atoms with Crippen molar-refractivity contribution >= 4 is 17.8 Å². The number of rotatable bonds is 7. The third kappa shape index (κ3) is 7.19. The van der Waals surface area contributed by atoms with E-state index in [-0.39, 0.29) is 17.9 Å². The third-order valence-corrected chi connectivity index (χ3v) is 4.34. The maximum atomic E-state index is 12.1. The fourth-order valence-electron chi connectivity index (χ4n) is 2.80. The number of nitrogens with one attached hydrogen (secondary N) is 3. The smallest absolute Gasteiger partial charge is 0.234 e. The van der Waals surface area contributed by atoms with Crippen LogP contribution in [0, 0.1) is 5.41 Å². The number of guanidine groups is 1. The van der Waals surface area contributed by atoms with E-state index < -0.39 is 5.41 Å². The van der Waals surface area contributed by atoms with Crippen molar-refractivity contribution in [2.24, 2.45) is 10.4 Å². The molecule has 1 aliphatic heterocycles. The molecule has 0 aromatic carbocycles. The summed E-state index contributed by atoms with van der Waals surface area (Å²) in [5.41, 5.74) is -0.511. The summed E-state index contributed by atoms with van der Waals surface area (Å²) in [5, 5.41) is 9.11. The van der Waals surface area contributed by atoms with E-state index in [0.717, 1.165) is 32.1 Å². The molecular formula is C18H36N6O2. The molecule has 1 rings (SSSR count). The number of hydrogen-bond donors (Lipinski definition) is 3. The van der Waals surface area contributed by atoms with Crippen molar-refractivity contribution in [3.05, 3.63) is 0 Å². The fourth-order valence-corrected chi connectivity index (χ4v) is 2.80. The fraction of sp³-hybridized carbons (Fsp3) is 0.833. The predicted molar refractivity (Wildman–Crippen MR) is 105 cm³/mol. The molecule has 0 unspecified atom stereocenters. The summed E-state index contributed by atoms with van der Waals surface area (Å²) < 4.78 is 0. The maximum Gasteiger partial charge on any atom is 0.234 e. The van der Waals surface area contributed by atoms with Gasteiger partial charge in [0.05, 0.1) is 12.0 Å². The first kappa shape index (κ1) is 22.2. The van der Waals surface area contributed by atoms with E-state index in [1.807, 2.05) is 34.6 Å². The standard InChI is InChI=1S/C18H36N6O2/c1-7-20-16(26)18(4,5)13-21-17(19-6)24-10-8-23(9-11-24)12-15(25)22-14(2)3/h14H,7-13H2,1-6H3,(H,19,21)(H,20,26)(H,22,25). The lowest BCUT2D eigenvalue weighted by atomic mass is 9.92. The number of amides is 2. The van der Waals surface area contributed by atoms with Gasteiger partial charge in [0, 0.05) is 52.4 Å². The molecule has 1 aliphatic rings. The second-order valence-corrected chi connectivity index (χ2v) is 7.63. The van der Waals surface area contributed by atoms with Crippen molar-refractivity contribution in [2.45, 2.75) is 40.7 Å². The van der Waals surface area contributed by atoms with Crippen molar-refractivity contribution in [3.8, 4) is 0 Å². The monoisotopic (exact) mass is 368 g/mol. The molecule has 0 bridgehead atoms. The van der Waals surface area contributed by atoms with Crippen molar-refractivity contribution in [3.63, 3.8) is 0 Å². The van der Waals surface area contributed by atoms with E-state index in [0.29, 0.717) is 19.6 Å². The highest BCUT2D eigenvalue weighted by atomic mass is 16.2. The lowest BCUT2D eigenvalue weighted by Crippen LogP contribution is -2.55. The zero-order chi connectivity index (χ0) is 19.7. The van der Waals surface area contributed by atoms with Crippen LogP contribution in [0.5, 0.6) is 0 Å². The number of nitrogens with zero attached hydrogens (tertiary/aromatic N) is 3. The summed E-state index contributed by atoms with van der Waals surface area (Å²) in [4.78, 5) is 32.7. The van der Waals surface area contributed by atoms with Gasteiger partial charge in [-0.3, -0.25) is 19.5 Å². The van der Waals surface area contributed by atoms with E-state index >= 15 is 0 Å². The number of hydrogen-bond acceptors (Lipinski definition) is 4. The highest BCUT2D eigenvalue weighted by molar-refractivity contribution is 5.84. The molecule has 1 saturated heterocycles. The Balaban J connectivity index is 2.46. The minimum atomic E-state index is -0.511. The van der Waals surface area contributed by atoms with Gasteiger partial charge in [-0.25, -0.2) is 0 Å². The Morgan fingerprint density at radius 2 is 1.73 bits per heavy atom. The van der Waals surface area contributed by atoms with E-state index in [1.54, 1.807) is 7.05 Å². The van der Waals surface area contributed by atoms with Crippen LogP contribution < -0.4 is 16.0 Å². The molecule has 26 heavy (non-hydrogen) atoms. The molecule has 1 heterocycles. The number of piperazine rings is 1. The van der Waals surface area contributed by atoms with Gasteiger partial charge in [-0.1, -0.05) is 0 Å². The first-order chi connectivity index (χ1) is 12.2. The van der Waals surface area contributed by atoms with E-state index in [9.17, 15) is 9.59 Å². The first-order valence-electron chi connectivity index (χ1n) is 9.45. The molecule has 8 heteroatoms. The topological polar surface area (TPSA) is 89.1 Å². The number of carbonyl (C=O) groups is 2. The summed E-state index contributed by atoms with van der Waals surface area (Å²) in [6.45, 7) is 14.5. The highest BCUT2D eigenvalue weighted by Gasteiger charge is 2.28. The van der Waals surface area contributed by atoms with Gasteiger partial charge in [0.1, 0.15) is 0 Å². The minimum Gasteiger partial charge on any atom is -0.356 e. The van der Waals surface area contributed by atoms with E-state index in [1.165, 1.54) is 0 Å². The summed E-state index contributed by atoms with van der Waals surface area (Å²) in [6, 6.07) is 0.167. The van der Waals surface area contributed by atoms with Crippen LogP contribution in [0.15, 0.2) is 4.99 Å². The van der Waals surface area contributed by atoms with Crippen LogP contribution in [-0.2, 0) is 9.59 Å². The van der Waals surface area contributed by atoms with Crippen LogP contribution in [0.4, 0.5) is 0 Å². The molecule has 0 aromatic rings. The molecule has 1 fully saturated rings. The van der Waals surface area contributed by atoms with E-state index in [4.69, 9.17) is 0 Å². The Hall–Kier alpha value is -1.83. The van der Waals surface area contributed by atoms with Gasteiger partial charge in [-0.15, -0.1) is 0 Å². The van der Waals surface area contributed by atoms with Gasteiger partial charge >= 0.3 is 0 Å². The molecule has 8 nitrogen and oxygen atoms in total. The molecule has 0 aliphatic carbocycles. The van der Waals surface area contributed by atoms with Gasteiger partial charge < -0.3 is 20.9 Å². The lowest BCUT2D eigenvalue weighted by Gasteiger charge is -2.37. The van der Waals surface area contributed by atoms with Crippen LogP contribution in [0.25, 0.3) is 0 Å². The molecule has 0 aromatic heterocycles. The summed E-state index contributed by atoms with van der Waals surface area (Å²) in [7, 11) is 1.75. The quantitative estimate of drug-likeness (QED) is 0.430. The van der Waals surface area contributed by atoms with Gasteiger partial charge in [0.25, 0.3) is 0 Å². The molecule has 150 valence electrons. The minimum absolute atomic E-state index is 0.0314. The molecule has 2 amide bonds. The second kappa shape index (κ2) is 10.4. The van der Waals surface area contributed by atoms with Crippen LogP contribution in [0.3, 0.4) is 0 Å². The Kier molecular flexibility index (Phi) is 8.84. The second-order valence-electron chi connectivity index (χ2n) is 7.63. The van der Waals surface area contributed by atoms with Crippen LogP contribution >= 0.6 is 0 Å². The largest absolute Gasteiger partial charge is 0.356 e.